The zero-order valence-corrected chi connectivity index (χ0v) is 73.4. The first-order valence-electron chi connectivity index (χ1n) is 45.2. The Kier molecular flexibility index (Phi) is 31.9. The topological polar surface area (TPSA) is 618 Å². The third-order valence-electron chi connectivity index (χ3n) is 27.4. The third kappa shape index (κ3) is 21.8. The van der Waals surface area contributed by atoms with Crippen LogP contribution in [0.15, 0.2) is 0 Å². The maximum atomic E-state index is 14.5. The molecule has 47 nitrogen and oxygen atoms in total. The van der Waals surface area contributed by atoms with Crippen molar-refractivity contribution >= 4 is 130 Å². The van der Waals surface area contributed by atoms with Crippen molar-refractivity contribution in [3.63, 3.8) is 0 Å². The van der Waals surface area contributed by atoms with Crippen LogP contribution in [0, 0.1) is 0 Å². The van der Waals surface area contributed by atoms with Crippen LogP contribution in [0.3, 0.4) is 0 Å². The van der Waals surface area contributed by atoms with Crippen LogP contribution in [-0.2, 0) is 95.9 Å². The molecule has 716 valence electrons. The SMILES string of the molecule is CSCC[C@H](NC(=O)CNC(=O)[C@@H]1CCCN1C(=O)[C@@H]1C[C@@H](O)CN1C(=O)CNC(=O)[C@@H]1CCCN1C(=O)[C@@H]1C[C@@H](O)CN1C(=O)CNC(=O)[C@@H]1CCCN1C(=O)[C@@H]1C[C@@H](O)CN1C(=O)CNC(=O)[C@@H]1CCCN1C(=O)[C@@H]1C[C@@H](O)CN1C(=O)CNC(=O)[C@@H]1CCCN1C(=O)[C@@H]1C[C@@H](O)CN1)C(=O)N1CCC[C@H]1C(=O)NCC(=O)N1C[C@H](O)C[C@H]1C(=O)N1CCC[C@H]1C(=O)O. The zero-order valence-electron chi connectivity index (χ0n) is 72.6. The Balaban J connectivity index is 0.536. The quantitative estimate of drug-likeness (QED) is 0.0318. The summed E-state index contributed by atoms with van der Waals surface area (Å²) >= 11 is 1.38. The number of hydrogen-bond donors (Lipinski definition) is 15. The number of likely N-dealkylation sites (tertiary alicyclic amines) is 12. The van der Waals surface area contributed by atoms with Gasteiger partial charge in [-0.1, -0.05) is 0 Å². The van der Waals surface area contributed by atoms with Gasteiger partial charge in [-0.3, -0.25) is 91.1 Å². The van der Waals surface area contributed by atoms with Crippen LogP contribution in [0.5, 0.6) is 0 Å². The van der Waals surface area contributed by atoms with Crippen molar-refractivity contribution in [2.45, 2.75) is 256 Å². The number of amides is 19. The van der Waals surface area contributed by atoms with Crippen molar-refractivity contribution in [1.29, 1.82) is 0 Å². The summed E-state index contributed by atoms with van der Waals surface area (Å²) in [6, 6.07) is -15.7. The molecule has 0 saturated carbocycles. The minimum Gasteiger partial charge on any atom is -0.480 e. The van der Waals surface area contributed by atoms with E-state index in [0.29, 0.717) is 63.7 Å². The fraction of sp³-hybridized carbons (Fsp3) is 0.756. The van der Waals surface area contributed by atoms with Gasteiger partial charge in [0.05, 0.1) is 81.9 Å². The maximum absolute atomic E-state index is 14.5. The highest BCUT2D eigenvalue weighted by Gasteiger charge is 2.53. The second-order valence-electron chi connectivity index (χ2n) is 36.0. The first kappa shape index (κ1) is 97.0. The standard InChI is InChI=1S/C82H120N20O27S/c1-130-24-16-49(75(121)91-17-2-9-51(91)70(116)85-34-68(114)102-42-48(108)30-62(102)81(127)97-23-8-15-57(97)82(128)129)90-63(109)32-84-69(115)53-11-4-19-93(53)77(123)58-26-44(104)38-98(58)65(111)35-87-72(118)55-13-6-21-95(55)79(125)60-28-46(106)40-100(60)67(113)37-89-74(120)56-14-7-22-96(56)80(126)61-29-47(107)41-101(61)66(112)36-88-73(119)54-12-5-20-94(54)78(124)59-27-45(105)39-99(59)64(110)33-86-71(117)52-10-3-18-92(52)76(122)50-25-43(103)31-83-50/h43-62,83,103-108H,2-42H2,1H3,(H,84,115)(H,85,116)(H,86,117)(H,87,118)(H,88,119)(H,89,120)(H,90,109)(H,128,129)/t43-,44-,45-,46-,47-,48-,49+,50+,51+,52+,53+,54+,55+,56+,57+,58+,59+,60+,61+,62+/m1/s1. The van der Waals surface area contributed by atoms with Gasteiger partial charge < -0.3 is 137 Å². The molecule has 13 aliphatic heterocycles. The summed E-state index contributed by atoms with van der Waals surface area (Å²) in [5, 5.41) is 94.4. The van der Waals surface area contributed by atoms with Gasteiger partial charge >= 0.3 is 5.97 Å². The highest BCUT2D eigenvalue weighted by Crippen LogP contribution is 2.34. The Morgan fingerprint density at radius 2 is 0.554 bits per heavy atom. The summed E-state index contributed by atoms with van der Waals surface area (Å²) in [5.74, 6) is -13.9. The molecule has 13 heterocycles. The lowest BCUT2D eigenvalue weighted by Gasteiger charge is -2.32. The van der Waals surface area contributed by atoms with Crippen molar-refractivity contribution in [2.75, 3.05) is 136 Å². The van der Waals surface area contributed by atoms with Crippen LogP contribution in [0.2, 0.25) is 0 Å². The average molecular weight is 1850 g/mol. The molecule has 0 aliphatic carbocycles. The Hall–Kier alpha value is -10.5. The number of hydrogen-bond acceptors (Lipinski definition) is 28. The molecule has 0 aromatic carbocycles. The van der Waals surface area contributed by atoms with Crippen molar-refractivity contribution in [2.24, 2.45) is 0 Å². The fourth-order valence-electron chi connectivity index (χ4n) is 20.9. The van der Waals surface area contributed by atoms with Crippen molar-refractivity contribution in [3.05, 3.63) is 0 Å². The predicted molar refractivity (Wildman–Crippen MR) is 447 cm³/mol. The molecule has 0 bridgehead atoms. The number of β-amino-alcohol motifs (C(OH)–C–C–N with tert-alkyl or cyclic N) is 6. The van der Waals surface area contributed by atoms with Crippen LogP contribution in [0.1, 0.15) is 135 Å². The molecule has 0 spiro atoms. The van der Waals surface area contributed by atoms with Crippen molar-refractivity contribution < 1.29 is 132 Å². The highest BCUT2D eigenvalue weighted by molar-refractivity contribution is 7.98. The highest BCUT2D eigenvalue weighted by atomic mass is 32.2. The lowest BCUT2D eigenvalue weighted by atomic mass is 10.1. The molecule has 15 N–H and O–H groups in total. The number of carboxylic acids is 1. The number of carbonyl (C=O) groups is 20. The molecule has 0 radical (unpaired) electrons. The monoisotopic (exact) mass is 1850 g/mol. The van der Waals surface area contributed by atoms with E-state index in [4.69, 9.17) is 0 Å². The molecule has 0 aromatic heterocycles. The van der Waals surface area contributed by atoms with Gasteiger partial charge in [0.1, 0.15) is 78.5 Å². The number of aliphatic hydroxyl groups is 6. The van der Waals surface area contributed by atoms with Crippen LogP contribution >= 0.6 is 11.8 Å². The molecular weight excluding hydrogens is 1730 g/mol. The molecule has 13 fully saturated rings. The second-order valence-corrected chi connectivity index (χ2v) is 37.0. The fourth-order valence-corrected chi connectivity index (χ4v) is 21.4. The molecule has 130 heavy (non-hydrogen) atoms. The number of rotatable bonds is 30. The Labute approximate surface area is 752 Å². The van der Waals surface area contributed by atoms with Gasteiger partial charge in [-0.15, -0.1) is 0 Å². The van der Waals surface area contributed by atoms with Gasteiger partial charge in [-0.05, 0) is 115 Å². The van der Waals surface area contributed by atoms with Gasteiger partial charge in [0.15, 0.2) is 0 Å². The zero-order chi connectivity index (χ0) is 93.4. The van der Waals surface area contributed by atoms with E-state index in [9.17, 15) is 132 Å². The van der Waals surface area contributed by atoms with E-state index in [1.165, 1.54) is 46.1 Å². The number of aliphatic hydroxyl groups excluding tert-OH is 6. The summed E-state index contributed by atoms with van der Waals surface area (Å²) in [6.45, 7) is -4.28. The molecular formula is C82H120N20O27S. The van der Waals surface area contributed by atoms with Gasteiger partial charge in [0.25, 0.3) is 0 Å². The summed E-state index contributed by atoms with van der Waals surface area (Å²) in [7, 11) is 0. The van der Waals surface area contributed by atoms with E-state index in [-0.39, 0.29) is 168 Å². The first-order valence-corrected chi connectivity index (χ1v) is 46.6. The summed E-state index contributed by atoms with van der Waals surface area (Å²) in [6.07, 6.45) is -1.34. The molecule has 20 atom stereocenters. The largest absolute Gasteiger partial charge is 0.480 e. The van der Waals surface area contributed by atoms with Gasteiger partial charge in [0, 0.05) is 117 Å². The molecule has 0 unspecified atom stereocenters. The number of carbonyl (C=O) groups excluding carboxylic acids is 19. The van der Waals surface area contributed by atoms with E-state index < -0.39 is 273 Å². The number of nitrogens with zero attached hydrogens (tertiary/aromatic N) is 12. The molecule has 13 aliphatic rings. The van der Waals surface area contributed by atoms with E-state index >= 15 is 0 Å². The van der Waals surface area contributed by atoms with Crippen molar-refractivity contribution in [1.82, 2.24) is 101 Å². The first-order chi connectivity index (χ1) is 62.1. The number of aliphatic carboxylic acids is 1. The van der Waals surface area contributed by atoms with Crippen LogP contribution in [-0.4, -0.2) is 470 Å². The average Bonchev–Trinajstić information content (AvgIpc) is 1.66. The summed E-state index contributed by atoms with van der Waals surface area (Å²) < 4.78 is 0. The van der Waals surface area contributed by atoms with Crippen molar-refractivity contribution in [3.8, 4) is 0 Å². The molecule has 13 saturated heterocycles. The molecule has 19 amide bonds. The van der Waals surface area contributed by atoms with Gasteiger partial charge in [-0.25, -0.2) is 4.79 Å². The minimum absolute atomic E-state index is 0.0316. The van der Waals surface area contributed by atoms with E-state index in [1.54, 1.807) is 6.26 Å². The third-order valence-corrected chi connectivity index (χ3v) is 28.1. The minimum atomic E-state index is -1.32. The van der Waals surface area contributed by atoms with Crippen LogP contribution < -0.4 is 42.5 Å². The second kappa shape index (κ2) is 42.8. The molecule has 48 heteroatoms. The Morgan fingerprint density at radius 1 is 0.308 bits per heavy atom. The molecule has 0 aromatic rings. The number of carboxylic acid groups (broad SMARTS) is 1. The Morgan fingerprint density at radius 3 is 0.815 bits per heavy atom. The number of thioether (sulfide) groups is 1. The predicted octanol–water partition coefficient (Wildman–Crippen LogP) is -11.5. The van der Waals surface area contributed by atoms with E-state index in [2.05, 4.69) is 42.5 Å². The van der Waals surface area contributed by atoms with Gasteiger partial charge in [0.2, 0.25) is 112 Å². The summed E-state index contributed by atoms with van der Waals surface area (Å²) in [4.78, 5) is 291. The normalized spacial score (nSPS) is 30.3. The van der Waals surface area contributed by atoms with E-state index in [1.807, 2.05) is 0 Å². The Bertz CT molecular complexity index is 4380. The van der Waals surface area contributed by atoms with E-state index in [0.717, 1.165) is 24.5 Å². The van der Waals surface area contributed by atoms with Gasteiger partial charge in [-0.2, -0.15) is 11.8 Å². The lowest BCUT2D eigenvalue weighted by molar-refractivity contribution is -0.151. The smallest absolute Gasteiger partial charge is 0.326 e. The maximum Gasteiger partial charge on any atom is 0.326 e. The van der Waals surface area contributed by atoms with Crippen LogP contribution in [0.4, 0.5) is 0 Å². The summed E-state index contributed by atoms with van der Waals surface area (Å²) in [5.41, 5.74) is 0. The molecule has 13 rings (SSSR count). The van der Waals surface area contributed by atoms with Crippen LogP contribution in [0.25, 0.3) is 0 Å². The lowest BCUT2D eigenvalue weighted by Crippen LogP contribution is -2.57. The number of nitrogens with one attached hydrogen (secondary N) is 8.